The number of carbonyl (C=O) groups excluding carboxylic acids is 1. The van der Waals surface area contributed by atoms with Crippen LogP contribution in [-0.2, 0) is 9.63 Å². The van der Waals surface area contributed by atoms with Crippen LogP contribution in [0.5, 0.6) is 5.75 Å². The molecule has 0 radical (unpaired) electrons. The Morgan fingerprint density at radius 2 is 1.85 bits per heavy atom. The topological polar surface area (TPSA) is 123 Å². The zero-order chi connectivity index (χ0) is 19.7. The van der Waals surface area contributed by atoms with Crippen LogP contribution in [0.4, 0.5) is 0 Å². The van der Waals surface area contributed by atoms with Crippen molar-refractivity contribution < 1.29 is 24.6 Å². The van der Waals surface area contributed by atoms with Gasteiger partial charge in [-0.2, -0.15) is 0 Å². The molecule has 0 spiro atoms. The first kappa shape index (κ1) is 21.7. The molecule has 0 fully saturated rings. The monoisotopic (exact) mass is 369 g/mol. The lowest BCUT2D eigenvalue weighted by molar-refractivity contribution is -0.766. The average molecular weight is 369 g/mol. The fraction of sp³-hybridized carbons (Fsp3) is 0.588. The lowest BCUT2D eigenvalue weighted by Gasteiger charge is -2.28. The minimum absolute atomic E-state index is 0.124. The predicted molar refractivity (Wildman–Crippen MR) is 94.9 cm³/mol. The summed E-state index contributed by atoms with van der Waals surface area (Å²) < 4.78 is 5.67. The Morgan fingerprint density at radius 3 is 2.35 bits per heavy atom. The van der Waals surface area contributed by atoms with Crippen molar-refractivity contribution in [3.8, 4) is 5.75 Å². The molecule has 9 heteroatoms. The summed E-state index contributed by atoms with van der Waals surface area (Å²) >= 11 is 0. The molecule has 26 heavy (non-hydrogen) atoms. The van der Waals surface area contributed by atoms with Crippen LogP contribution in [0, 0.1) is 16.0 Å². The molecule has 0 aliphatic rings. The molecule has 1 aromatic carbocycles. The van der Waals surface area contributed by atoms with E-state index in [4.69, 9.17) is 4.74 Å². The van der Waals surface area contributed by atoms with Crippen molar-refractivity contribution in [1.82, 2.24) is 10.6 Å². The molecule has 0 saturated heterocycles. The van der Waals surface area contributed by atoms with E-state index in [9.17, 15) is 20.0 Å². The van der Waals surface area contributed by atoms with Crippen LogP contribution >= 0.6 is 0 Å². The molecular weight excluding hydrogens is 342 g/mol. The molecule has 0 heterocycles. The summed E-state index contributed by atoms with van der Waals surface area (Å²) in [7, 11) is 0. The quantitative estimate of drug-likeness (QED) is 0.303. The van der Waals surface area contributed by atoms with Crippen LogP contribution in [0.25, 0.3) is 0 Å². The van der Waals surface area contributed by atoms with E-state index in [0.717, 1.165) is 0 Å². The molecule has 0 aromatic heterocycles. The first-order valence-electron chi connectivity index (χ1n) is 8.45. The standard InChI is InChI=1S/C17H27N3O6/c1-11(2)15(26-20(23)24)16(22)19-17(14(21)10-18-12(3)4)25-13-8-6-5-7-9-13/h5-9,11-12,14-15,17-18,21H,10H2,1-4H3,(H,19,22). The fourth-order valence-electron chi connectivity index (χ4n) is 2.10. The van der Waals surface area contributed by atoms with Gasteiger partial charge in [-0.15, -0.1) is 10.1 Å². The van der Waals surface area contributed by atoms with Crippen molar-refractivity contribution in [1.29, 1.82) is 0 Å². The Balaban J connectivity index is 2.88. The number of benzene rings is 1. The Hall–Kier alpha value is -2.39. The first-order chi connectivity index (χ1) is 12.2. The summed E-state index contributed by atoms with van der Waals surface area (Å²) in [5.41, 5.74) is 0. The lowest BCUT2D eigenvalue weighted by Crippen LogP contribution is -2.55. The van der Waals surface area contributed by atoms with Crippen molar-refractivity contribution in [2.45, 2.75) is 52.2 Å². The van der Waals surface area contributed by atoms with E-state index >= 15 is 0 Å². The smallest absolute Gasteiger partial charge is 0.295 e. The van der Waals surface area contributed by atoms with Crippen molar-refractivity contribution in [2.24, 2.45) is 5.92 Å². The van der Waals surface area contributed by atoms with Gasteiger partial charge in [0.1, 0.15) is 11.9 Å². The largest absolute Gasteiger partial charge is 0.468 e. The Bertz CT molecular complexity index is 567. The highest BCUT2D eigenvalue weighted by molar-refractivity contribution is 5.81. The second-order valence-corrected chi connectivity index (χ2v) is 6.48. The van der Waals surface area contributed by atoms with E-state index in [1.165, 1.54) is 0 Å². The van der Waals surface area contributed by atoms with Crippen LogP contribution < -0.4 is 15.4 Å². The summed E-state index contributed by atoms with van der Waals surface area (Å²) in [6.07, 6.45) is -3.49. The van der Waals surface area contributed by atoms with Gasteiger partial charge >= 0.3 is 0 Å². The van der Waals surface area contributed by atoms with Gasteiger partial charge in [-0.1, -0.05) is 45.9 Å². The minimum Gasteiger partial charge on any atom is -0.468 e. The van der Waals surface area contributed by atoms with E-state index in [0.29, 0.717) is 5.75 Å². The van der Waals surface area contributed by atoms with Crippen LogP contribution in [0.15, 0.2) is 30.3 Å². The predicted octanol–water partition coefficient (Wildman–Crippen LogP) is 1.10. The molecule has 1 aromatic rings. The number of para-hydroxylation sites is 1. The molecule has 146 valence electrons. The van der Waals surface area contributed by atoms with Crippen LogP contribution in [0.3, 0.4) is 0 Å². The van der Waals surface area contributed by atoms with Crippen molar-refractivity contribution in [3.05, 3.63) is 40.4 Å². The number of hydrogen-bond acceptors (Lipinski definition) is 7. The number of carbonyl (C=O) groups is 1. The van der Waals surface area contributed by atoms with Gasteiger partial charge < -0.3 is 25.3 Å². The average Bonchev–Trinajstić information content (AvgIpc) is 2.57. The highest BCUT2D eigenvalue weighted by Gasteiger charge is 2.31. The molecule has 1 rings (SSSR count). The number of aliphatic hydroxyl groups excluding tert-OH is 1. The fourth-order valence-corrected chi connectivity index (χ4v) is 2.10. The van der Waals surface area contributed by atoms with Gasteiger partial charge in [0.05, 0.1) is 0 Å². The zero-order valence-corrected chi connectivity index (χ0v) is 15.4. The molecule has 0 aliphatic carbocycles. The Morgan fingerprint density at radius 1 is 1.23 bits per heavy atom. The Labute approximate surface area is 152 Å². The van der Waals surface area contributed by atoms with Crippen molar-refractivity contribution in [3.63, 3.8) is 0 Å². The number of amides is 1. The third-order valence-electron chi connectivity index (χ3n) is 3.44. The van der Waals surface area contributed by atoms with Crippen LogP contribution in [-0.4, -0.2) is 47.1 Å². The van der Waals surface area contributed by atoms with Gasteiger partial charge in [0.15, 0.2) is 12.3 Å². The summed E-state index contributed by atoms with van der Waals surface area (Å²) in [5.74, 6) is -0.734. The molecule has 9 nitrogen and oxygen atoms in total. The number of hydrogen-bond donors (Lipinski definition) is 3. The molecule has 0 bridgehead atoms. The van der Waals surface area contributed by atoms with E-state index < -0.39 is 35.3 Å². The molecule has 0 saturated carbocycles. The van der Waals surface area contributed by atoms with E-state index in [-0.39, 0.29) is 12.6 Å². The maximum Gasteiger partial charge on any atom is 0.295 e. The van der Waals surface area contributed by atoms with Gasteiger partial charge in [0.2, 0.25) is 0 Å². The molecule has 1 amide bonds. The SMILES string of the molecule is CC(C)NCC(O)C(NC(=O)C(O[N+](=O)[O-])C(C)C)Oc1ccccc1. The molecule has 3 N–H and O–H groups in total. The van der Waals surface area contributed by atoms with E-state index in [1.54, 1.807) is 44.2 Å². The van der Waals surface area contributed by atoms with E-state index in [1.807, 2.05) is 13.8 Å². The van der Waals surface area contributed by atoms with Crippen LogP contribution in [0.2, 0.25) is 0 Å². The summed E-state index contributed by atoms with van der Waals surface area (Å²) in [5, 5.41) is 25.6. The van der Waals surface area contributed by atoms with Gasteiger partial charge in [0.25, 0.3) is 11.0 Å². The highest BCUT2D eigenvalue weighted by atomic mass is 17.0. The van der Waals surface area contributed by atoms with E-state index in [2.05, 4.69) is 15.5 Å². The van der Waals surface area contributed by atoms with Gasteiger partial charge in [-0.25, -0.2) is 0 Å². The van der Waals surface area contributed by atoms with Gasteiger partial charge in [0, 0.05) is 12.6 Å². The maximum atomic E-state index is 12.4. The highest BCUT2D eigenvalue weighted by Crippen LogP contribution is 2.13. The number of nitrogens with zero attached hydrogens (tertiary/aromatic N) is 1. The maximum absolute atomic E-state index is 12.4. The normalized spacial score (nSPS) is 14.6. The van der Waals surface area contributed by atoms with Crippen molar-refractivity contribution >= 4 is 5.91 Å². The van der Waals surface area contributed by atoms with Gasteiger partial charge in [-0.3, -0.25) is 4.79 Å². The first-order valence-corrected chi connectivity index (χ1v) is 8.45. The van der Waals surface area contributed by atoms with Crippen LogP contribution in [0.1, 0.15) is 27.7 Å². The summed E-state index contributed by atoms with van der Waals surface area (Å²) in [6.45, 7) is 7.24. The number of ether oxygens (including phenoxy) is 1. The Kier molecular flexibility index (Phi) is 8.80. The third-order valence-corrected chi connectivity index (χ3v) is 3.44. The minimum atomic E-state index is -1.31. The molecular formula is C17H27N3O6. The third kappa shape index (κ3) is 7.66. The number of rotatable bonds is 11. The van der Waals surface area contributed by atoms with Gasteiger partial charge in [-0.05, 0) is 18.1 Å². The lowest BCUT2D eigenvalue weighted by atomic mass is 10.1. The zero-order valence-electron chi connectivity index (χ0n) is 15.4. The number of nitrogens with one attached hydrogen (secondary N) is 2. The van der Waals surface area contributed by atoms with Crippen molar-refractivity contribution in [2.75, 3.05) is 6.54 Å². The molecule has 3 unspecified atom stereocenters. The number of aliphatic hydroxyl groups is 1. The molecule has 0 aliphatic heterocycles. The summed E-state index contributed by atoms with van der Waals surface area (Å²) in [4.78, 5) is 27.5. The summed E-state index contributed by atoms with van der Waals surface area (Å²) in [6, 6.07) is 8.78. The second-order valence-electron chi connectivity index (χ2n) is 6.48. The second kappa shape index (κ2) is 10.6. The molecule has 3 atom stereocenters.